The van der Waals surface area contributed by atoms with Gasteiger partial charge in [-0.1, -0.05) is 28.1 Å². The van der Waals surface area contributed by atoms with Crippen LogP contribution >= 0.6 is 43.2 Å². The van der Waals surface area contributed by atoms with Crippen molar-refractivity contribution in [3.05, 3.63) is 55.7 Å². The van der Waals surface area contributed by atoms with Gasteiger partial charge in [-0.15, -0.1) is 11.3 Å². The molecule has 3 rings (SSSR count). The van der Waals surface area contributed by atoms with Crippen molar-refractivity contribution in [1.29, 1.82) is 0 Å². The summed E-state index contributed by atoms with van der Waals surface area (Å²) in [4.78, 5) is 12.0. The second kappa shape index (κ2) is 5.38. The van der Waals surface area contributed by atoms with Gasteiger partial charge in [0.1, 0.15) is 0 Å². The summed E-state index contributed by atoms with van der Waals surface area (Å²) in [6, 6.07) is 8.26. The quantitative estimate of drug-likeness (QED) is 0.749. The van der Waals surface area contributed by atoms with Crippen LogP contribution in [0.15, 0.2) is 33.4 Å². The molecule has 2 heterocycles. The molecule has 0 bridgehead atoms. The van der Waals surface area contributed by atoms with Crippen LogP contribution in [0.3, 0.4) is 0 Å². The number of hydrogen-bond acceptors (Lipinski definition) is 2. The number of thiophene rings is 1. The second-order valence-corrected chi connectivity index (χ2v) is 7.68. The van der Waals surface area contributed by atoms with Gasteiger partial charge in [0, 0.05) is 12.1 Å². The van der Waals surface area contributed by atoms with Crippen LogP contribution < -0.4 is 5.32 Å². The average molecular weight is 401 g/mol. The van der Waals surface area contributed by atoms with Gasteiger partial charge in [-0.3, -0.25) is 4.79 Å². The predicted octanol–water partition coefficient (Wildman–Crippen LogP) is 4.28. The number of rotatable bonds is 2. The van der Waals surface area contributed by atoms with Crippen molar-refractivity contribution < 1.29 is 4.79 Å². The van der Waals surface area contributed by atoms with E-state index in [0.29, 0.717) is 0 Å². The van der Waals surface area contributed by atoms with Crippen molar-refractivity contribution in [3.63, 3.8) is 0 Å². The van der Waals surface area contributed by atoms with E-state index in [4.69, 9.17) is 0 Å². The van der Waals surface area contributed by atoms with E-state index in [2.05, 4.69) is 60.8 Å². The third kappa shape index (κ3) is 2.64. The van der Waals surface area contributed by atoms with E-state index in [-0.39, 0.29) is 10.7 Å². The third-order valence-corrected chi connectivity index (χ3v) is 5.81. The van der Waals surface area contributed by atoms with E-state index in [1.54, 1.807) is 11.3 Å². The molecule has 1 unspecified atom stereocenters. The van der Waals surface area contributed by atoms with E-state index < -0.39 is 0 Å². The van der Waals surface area contributed by atoms with E-state index >= 15 is 0 Å². The standard InChI is InChI=1S/C14H11Br2NOS/c15-12-6-10(7-19-12)13(16)9-2-1-8-3-4-17-14(18)11(8)5-9/h1-2,5-7,13H,3-4H2,(H,17,18). The smallest absolute Gasteiger partial charge is 0.251 e. The summed E-state index contributed by atoms with van der Waals surface area (Å²) in [6.45, 7) is 0.737. The molecule has 2 nitrogen and oxygen atoms in total. The van der Waals surface area contributed by atoms with Crippen LogP contribution in [0.1, 0.15) is 31.9 Å². The molecule has 0 fully saturated rings. The highest BCUT2D eigenvalue weighted by atomic mass is 79.9. The predicted molar refractivity (Wildman–Crippen MR) is 85.3 cm³/mol. The number of carbonyl (C=O) groups excluding carboxylic acids is 1. The highest BCUT2D eigenvalue weighted by Crippen LogP contribution is 2.36. The number of alkyl halides is 1. The summed E-state index contributed by atoms with van der Waals surface area (Å²) in [7, 11) is 0. The monoisotopic (exact) mass is 399 g/mol. The Morgan fingerprint density at radius 1 is 1.26 bits per heavy atom. The highest BCUT2D eigenvalue weighted by Gasteiger charge is 2.19. The van der Waals surface area contributed by atoms with E-state index in [1.165, 1.54) is 5.56 Å². The van der Waals surface area contributed by atoms with Gasteiger partial charge < -0.3 is 5.32 Å². The van der Waals surface area contributed by atoms with Gasteiger partial charge in [0.2, 0.25) is 0 Å². The van der Waals surface area contributed by atoms with Crippen molar-refractivity contribution in [1.82, 2.24) is 5.32 Å². The molecule has 1 aromatic heterocycles. The first kappa shape index (κ1) is 13.3. The second-order valence-electron chi connectivity index (χ2n) is 4.47. The summed E-state index contributed by atoms with van der Waals surface area (Å²) < 4.78 is 1.11. The van der Waals surface area contributed by atoms with Crippen LogP contribution in [-0.4, -0.2) is 12.5 Å². The van der Waals surface area contributed by atoms with Crippen LogP contribution in [0, 0.1) is 0 Å². The molecule has 1 N–H and O–H groups in total. The maximum absolute atomic E-state index is 11.9. The zero-order valence-corrected chi connectivity index (χ0v) is 13.9. The molecule has 1 aromatic carbocycles. The van der Waals surface area contributed by atoms with E-state index in [1.807, 2.05) is 6.07 Å². The van der Waals surface area contributed by atoms with E-state index in [0.717, 1.165) is 33.4 Å². The maximum Gasteiger partial charge on any atom is 0.251 e. The molecule has 1 aliphatic heterocycles. The topological polar surface area (TPSA) is 29.1 Å². The fraction of sp³-hybridized carbons (Fsp3) is 0.214. The number of benzene rings is 1. The normalized spacial score (nSPS) is 15.8. The lowest BCUT2D eigenvalue weighted by Crippen LogP contribution is -2.31. The summed E-state index contributed by atoms with van der Waals surface area (Å²) in [5, 5.41) is 5.00. The van der Waals surface area contributed by atoms with Crippen molar-refractivity contribution in [2.45, 2.75) is 11.2 Å². The summed E-state index contributed by atoms with van der Waals surface area (Å²) in [5.74, 6) is 0.0364. The molecular formula is C14H11Br2NOS. The Hall–Kier alpha value is -0.650. The molecule has 0 saturated carbocycles. The van der Waals surface area contributed by atoms with Gasteiger partial charge in [-0.2, -0.15) is 0 Å². The molecule has 5 heteroatoms. The van der Waals surface area contributed by atoms with Crippen molar-refractivity contribution in [2.75, 3.05) is 6.54 Å². The third-order valence-electron chi connectivity index (χ3n) is 3.23. The first-order chi connectivity index (χ1) is 9.15. The highest BCUT2D eigenvalue weighted by molar-refractivity contribution is 9.11. The first-order valence-electron chi connectivity index (χ1n) is 5.94. The summed E-state index contributed by atoms with van der Waals surface area (Å²) in [6.07, 6.45) is 0.915. The van der Waals surface area contributed by atoms with Crippen LogP contribution in [0.25, 0.3) is 0 Å². The number of halogens is 2. The number of nitrogens with one attached hydrogen (secondary N) is 1. The van der Waals surface area contributed by atoms with Crippen LogP contribution in [-0.2, 0) is 6.42 Å². The lowest BCUT2D eigenvalue weighted by Gasteiger charge is -2.18. The Kier molecular flexibility index (Phi) is 3.78. The largest absolute Gasteiger partial charge is 0.352 e. The Labute approximate surface area is 132 Å². The van der Waals surface area contributed by atoms with E-state index in [9.17, 15) is 4.79 Å². The van der Waals surface area contributed by atoms with Gasteiger partial charge >= 0.3 is 0 Å². The molecule has 0 aliphatic carbocycles. The molecule has 0 saturated heterocycles. The van der Waals surface area contributed by atoms with Crippen molar-refractivity contribution in [2.24, 2.45) is 0 Å². The number of fused-ring (bicyclic) bond motifs is 1. The fourth-order valence-corrected chi connectivity index (χ4v) is 4.16. The van der Waals surface area contributed by atoms with Gasteiger partial charge in [-0.25, -0.2) is 0 Å². The minimum Gasteiger partial charge on any atom is -0.352 e. The molecule has 0 radical (unpaired) electrons. The zero-order chi connectivity index (χ0) is 13.4. The Morgan fingerprint density at radius 3 is 2.84 bits per heavy atom. The van der Waals surface area contributed by atoms with Crippen molar-refractivity contribution >= 4 is 49.1 Å². The molecule has 0 spiro atoms. The minimum absolute atomic E-state index is 0.0364. The molecule has 2 aromatic rings. The zero-order valence-electron chi connectivity index (χ0n) is 9.95. The van der Waals surface area contributed by atoms with Crippen LogP contribution in [0.5, 0.6) is 0 Å². The summed E-state index contributed by atoms with van der Waals surface area (Å²) in [5.41, 5.74) is 4.26. The Balaban J connectivity index is 1.97. The van der Waals surface area contributed by atoms with Gasteiger partial charge in [0.25, 0.3) is 5.91 Å². The minimum atomic E-state index is 0.0364. The number of carbonyl (C=O) groups is 1. The fourth-order valence-electron chi connectivity index (χ4n) is 2.24. The molecule has 1 aliphatic rings. The molecule has 1 atom stereocenters. The molecule has 98 valence electrons. The number of amides is 1. The van der Waals surface area contributed by atoms with Gasteiger partial charge in [-0.05, 0) is 56.6 Å². The molecular weight excluding hydrogens is 390 g/mol. The Bertz CT molecular complexity index is 638. The van der Waals surface area contributed by atoms with Gasteiger partial charge in [0.05, 0.1) is 8.61 Å². The van der Waals surface area contributed by atoms with Gasteiger partial charge in [0.15, 0.2) is 0 Å². The maximum atomic E-state index is 11.9. The Morgan fingerprint density at radius 2 is 2.11 bits per heavy atom. The lowest BCUT2D eigenvalue weighted by molar-refractivity contribution is 0.0946. The van der Waals surface area contributed by atoms with Crippen LogP contribution in [0.2, 0.25) is 0 Å². The number of hydrogen-bond donors (Lipinski definition) is 1. The van der Waals surface area contributed by atoms with Crippen molar-refractivity contribution in [3.8, 4) is 0 Å². The molecule has 1 amide bonds. The lowest BCUT2D eigenvalue weighted by atomic mass is 9.96. The summed E-state index contributed by atoms with van der Waals surface area (Å²) >= 11 is 8.85. The average Bonchev–Trinajstić information content (AvgIpc) is 2.85. The molecule has 19 heavy (non-hydrogen) atoms. The SMILES string of the molecule is O=C1NCCc2ccc(C(Br)c3csc(Br)c3)cc21. The van der Waals surface area contributed by atoms with Crippen LogP contribution in [0.4, 0.5) is 0 Å². The first-order valence-corrected chi connectivity index (χ1v) is 8.53.